The Labute approximate surface area is 192 Å². The first-order valence-corrected chi connectivity index (χ1v) is 10.6. The lowest BCUT2D eigenvalue weighted by Crippen LogP contribution is -2.14. The molecule has 0 aliphatic carbocycles. The number of nitrogens with one attached hydrogen (secondary N) is 2. The van der Waals surface area contributed by atoms with Crippen LogP contribution < -0.4 is 16.4 Å². The van der Waals surface area contributed by atoms with Gasteiger partial charge < -0.3 is 16.4 Å². The molecule has 164 valence electrons. The maximum Gasteiger partial charge on any atom is 0.256 e. The maximum atomic E-state index is 13.3. The highest BCUT2D eigenvalue weighted by atomic mass is 16.1. The first-order chi connectivity index (χ1) is 16.1. The fraction of sp³-hybridized carbons (Fsp3) is 0.0741. The summed E-state index contributed by atoms with van der Waals surface area (Å²) in [6.45, 7) is 2.01. The van der Waals surface area contributed by atoms with Crippen LogP contribution in [0, 0.1) is 6.92 Å². The zero-order valence-electron chi connectivity index (χ0n) is 18.5. The molecule has 0 saturated carbocycles. The second-order valence-electron chi connectivity index (χ2n) is 7.55. The Balaban J connectivity index is 1.76. The fourth-order valence-electron chi connectivity index (χ4n) is 3.62. The number of fused-ring (bicyclic) bond motifs is 1. The van der Waals surface area contributed by atoms with Gasteiger partial charge in [-0.15, -0.1) is 0 Å². The Hall–Kier alpha value is -4.45. The van der Waals surface area contributed by atoms with Gasteiger partial charge in [-0.2, -0.15) is 0 Å². The summed E-state index contributed by atoms with van der Waals surface area (Å²) in [7, 11) is 1.67. The largest absolute Gasteiger partial charge is 0.404 e. The number of carbonyl (C=O) groups excluding carboxylic acids is 1. The number of rotatable bonds is 6. The summed E-state index contributed by atoms with van der Waals surface area (Å²) in [6.07, 6.45) is 4.82. The van der Waals surface area contributed by atoms with Gasteiger partial charge in [0.25, 0.3) is 5.91 Å². The van der Waals surface area contributed by atoms with Gasteiger partial charge in [0.2, 0.25) is 0 Å². The second-order valence-corrected chi connectivity index (χ2v) is 7.55. The Morgan fingerprint density at radius 1 is 1.00 bits per heavy atom. The molecule has 33 heavy (non-hydrogen) atoms. The topological polar surface area (TPSA) is 92.4 Å². The van der Waals surface area contributed by atoms with Crippen LogP contribution in [-0.2, 0) is 0 Å². The number of aromatic nitrogens is 1. The molecular formula is C27H25N5O. The van der Waals surface area contributed by atoms with Crippen molar-refractivity contribution < 1.29 is 4.79 Å². The molecule has 3 aromatic carbocycles. The minimum Gasteiger partial charge on any atom is -0.404 e. The Morgan fingerprint density at radius 2 is 1.76 bits per heavy atom. The molecule has 0 atom stereocenters. The van der Waals surface area contributed by atoms with Gasteiger partial charge in [0.05, 0.1) is 5.69 Å². The molecule has 6 nitrogen and oxygen atoms in total. The van der Waals surface area contributed by atoms with Crippen LogP contribution in [0.15, 0.2) is 90.2 Å². The second kappa shape index (κ2) is 9.78. The SMILES string of the molecule is CN=C/C(=C\N)c1cnc(Nc2ccccc2C)c(NC(=O)c2cccc3ccccc23)c1. The van der Waals surface area contributed by atoms with Crippen molar-refractivity contribution in [2.45, 2.75) is 6.92 Å². The van der Waals surface area contributed by atoms with E-state index in [4.69, 9.17) is 5.73 Å². The molecule has 0 saturated heterocycles. The van der Waals surface area contributed by atoms with E-state index in [-0.39, 0.29) is 5.91 Å². The summed E-state index contributed by atoms with van der Waals surface area (Å²) in [6, 6.07) is 23.2. The zero-order valence-corrected chi connectivity index (χ0v) is 18.5. The van der Waals surface area contributed by atoms with Crippen molar-refractivity contribution in [3.8, 4) is 0 Å². The predicted octanol–water partition coefficient (Wildman–Crippen LogP) is 5.54. The highest BCUT2D eigenvalue weighted by molar-refractivity contribution is 6.14. The summed E-state index contributed by atoms with van der Waals surface area (Å²) in [4.78, 5) is 22.0. The lowest BCUT2D eigenvalue weighted by molar-refractivity contribution is 0.102. The van der Waals surface area contributed by atoms with Gasteiger partial charge in [-0.05, 0) is 41.5 Å². The standard InChI is InChI=1S/C27H25N5O/c1-18-8-3-6-13-24(18)31-26-25(14-20(17-30-26)21(15-28)16-29-2)32-27(33)23-12-7-10-19-9-4-5-11-22(19)23/h3-17H,28H2,1-2H3,(H,30,31)(H,32,33)/b21-15+,29-16?. The molecule has 0 aliphatic heterocycles. The van der Waals surface area contributed by atoms with E-state index in [1.54, 1.807) is 19.5 Å². The van der Waals surface area contributed by atoms with Gasteiger partial charge in [0, 0.05) is 48.0 Å². The highest BCUT2D eigenvalue weighted by Gasteiger charge is 2.15. The van der Waals surface area contributed by atoms with Crippen molar-refractivity contribution in [1.29, 1.82) is 0 Å². The first-order valence-electron chi connectivity index (χ1n) is 10.6. The van der Waals surface area contributed by atoms with Gasteiger partial charge in [0.1, 0.15) is 0 Å². The smallest absolute Gasteiger partial charge is 0.256 e. The number of aliphatic imine (C=N–C) groups is 1. The number of amides is 1. The third kappa shape index (κ3) is 4.75. The minimum absolute atomic E-state index is 0.221. The summed E-state index contributed by atoms with van der Waals surface area (Å²) < 4.78 is 0. The number of hydrogen-bond acceptors (Lipinski definition) is 5. The van der Waals surface area contributed by atoms with E-state index in [0.717, 1.165) is 27.6 Å². The number of anilines is 3. The average Bonchev–Trinajstić information content (AvgIpc) is 2.84. The van der Waals surface area contributed by atoms with Crippen molar-refractivity contribution >= 4 is 45.7 Å². The monoisotopic (exact) mass is 435 g/mol. The molecule has 1 aromatic heterocycles. The molecular weight excluding hydrogens is 410 g/mol. The molecule has 0 spiro atoms. The van der Waals surface area contributed by atoms with Crippen LogP contribution in [0.3, 0.4) is 0 Å². The van der Waals surface area contributed by atoms with Gasteiger partial charge in [0.15, 0.2) is 5.82 Å². The van der Waals surface area contributed by atoms with Gasteiger partial charge in [-0.3, -0.25) is 9.79 Å². The summed E-state index contributed by atoms with van der Waals surface area (Å²) in [5, 5.41) is 8.27. The summed E-state index contributed by atoms with van der Waals surface area (Å²) in [5.41, 5.74) is 10.3. The van der Waals surface area contributed by atoms with E-state index in [9.17, 15) is 4.79 Å². The minimum atomic E-state index is -0.221. The molecule has 4 N–H and O–H groups in total. The Kier molecular flexibility index (Phi) is 6.45. The lowest BCUT2D eigenvalue weighted by Gasteiger charge is -2.16. The number of para-hydroxylation sites is 1. The van der Waals surface area contributed by atoms with Crippen molar-refractivity contribution in [3.63, 3.8) is 0 Å². The number of carbonyl (C=O) groups is 1. The van der Waals surface area contributed by atoms with Crippen molar-refractivity contribution in [2.75, 3.05) is 17.7 Å². The van der Waals surface area contributed by atoms with Crippen LogP contribution in [-0.4, -0.2) is 24.2 Å². The molecule has 0 bridgehead atoms. The van der Waals surface area contributed by atoms with Crippen LogP contribution in [0.2, 0.25) is 0 Å². The number of nitrogens with two attached hydrogens (primary N) is 1. The van der Waals surface area contributed by atoms with Gasteiger partial charge in [-0.25, -0.2) is 4.98 Å². The molecule has 0 aliphatic rings. The van der Waals surface area contributed by atoms with Crippen LogP contribution in [0.4, 0.5) is 17.2 Å². The molecule has 0 unspecified atom stereocenters. The molecule has 6 heteroatoms. The maximum absolute atomic E-state index is 13.3. The fourth-order valence-corrected chi connectivity index (χ4v) is 3.62. The number of nitrogens with zero attached hydrogens (tertiary/aromatic N) is 2. The lowest BCUT2D eigenvalue weighted by atomic mass is 10.0. The van der Waals surface area contributed by atoms with Crippen LogP contribution >= 0.6 is 0 Å². The van der Waals surface area contributed by atoms with Crippen molar-refractivity contribution in [2.24, 2.45) is 10.7 Å². The summed E-state index contributed by atoms with van der Waals surface area (Å²) >= 11 is 0. The number of pyridine rings is 1. The zero-order chi connectivity index (χ0) is 23.2. The van der Waals surface area contributed by atoms with Crippen LogP contribution in [0.5, 0.6) is 0 Å². The van der Waals surface area contributed by atoms with E-state index in [1.807, 2.05) is 79.7 Å². The Bertz CT molecular complexity index is 1370. The average molecular weight is 436 g/mol. The normalized spacial score (nSPS) is 11.6. The van der Waals surface area contributed by atoms with Gasteiger partial charge in [-0.1, -0.05) is 54.6 Å². The third-order valence-electron chi connectivity index (χ3n) is 5.35. The van der Waals surface area contributed by atoms with Gasteiger partial charge >= 0.3 is 0 Å². The molecule has 1 heterocycles. The molecule has 1 amide bonds. The first kappa shape index (κ1) is 21.8. The Morgan fingerprint density at radius 3 is 2.55 bits per heavy atom. The number of allylic oxidation sites excluding steroid dienone is 1. The number of aryl methyl sites for hydroxylation is 1. The molecule has 0 fully saturated rings. The summed E-state index contributed by atoms with van der Waals surface area (Å²) in [5.74, 6) is 0.312. The van der Waals surface area contributed by atoms with E-state index in [0.29, 0.717) is 22.6 Å². The number of benzene rings is 3. The van der Waals surface area contributed by atoms with Crippen LogP contribution in [0.25, 0.3) is 16.3 Å². The molecule has 0 radical (unpaired) electrons. The molecule has 4 rings (SSSR count). The van der Waals surface area contributed by atoms with E-state index >= 15 is 0 Å². The number of hydrogen-bond donors (Lipinski definition) is 3. The van der Waals surface area contributed by atoms with Crippen molar-refractivity contribution in [1.82, 2.24) is 4.98 Å². The quantitative estimate of drug-likeness (QED) is 0.347. The highest BCUT2D eigenvalue weighted by Crippen LogP contribution is 2.29. The van der Waals surface area contributed by atoms with E-state index in [2.05, 4.69) is 20.6 Å². The third-order valence-corrected chi connectivity index (χ3v) is 5.35. The predicted molar refractivity (Wildman–Crippen MR) is 137 cm³/mol. The van der Waals surface area contributed by atoms with Crippen LogP contribution in [0.1, 0.15) is 21.5 Å². The molecule has 4 aromatic rings. The van der Waals surface area contributed by atoms with E-state index < -0.39 is 0 Å². The van der Waals surface area contributed by atoms with Crippen molar-refractivity contribution in [3.05, 3.63) is 102 Å². The van der Waals surface area contributed by atoms with E-state index in [1.165, 1.54) is 6.20 Å².